The quantitative estimate of drug-likeness (QED) is 0.541. The number of nitrogens with zero attached hydrogens (tertiary/aromatic N) is 2. The van der Waals surface area contributed by atoms with Crippen molar-refractivity contribution in [2.45, 2.75) is 53.0 Å². The van der Waals surface area contributed by atoms with Crippen LogP contribution in [-0.2, 0) is 0 Å². The number of nitrogen functional groups attached to an aromatic ring is 1. The van der Waals surface area contributed by atoms with Gasteiger partial charge in [-0.1, -0.05) is 20.8 Å². The van der Waals surface area contributed by atoms with E-state index in [1.807, 2.05) is 6.92 Å². The molecule has 0 aliphatic carbocycles. The van der Waals surface area contributed by atoms with Crippen LogP contribution in [0, 0.1) is 6.92 Å². The molecule has 4 N–H and O–H groups in total. The zero-order chi connectivity index (χ0) is 13.0. The molecule has 1 aromatic heterocycles. The van der Waals surface area contributed by atoms with Crippen molar-refractivity contribution < 1.29 is 0 Å². The van der Waals surface area contributed by atoms with Crippen molar-refractivity contribution in [2.24, 2.45) is 5.84 Å². The Labute approximate surface area is 103 Å². The van der Waals surface area contributed by atoms with Crippen LogP contribution in [0.1, 0.15) is 51.4 Å². The van der Waals surface area contributed by atoms with E-state index >= 15 is 0 Å². The van der Waals surface area contributed by atoms with Crippen LogP contribution < -0.4 is 16.6 Å². The van der Waals surface area contributed by atoms with E-state index in [0.29, 0.717) is 11.9 Å². The number of nitrogens with one attached hydrogen (secondary N) is 2. The van der Waals surface area contributed by atoms with Gasteiger partial charge in [0.15, 0.2) is 0 Å². The number of rotatable bonds is 5. The molecule has 1 rings (SSSR count). The van der Waals surface area contributed by atoms with Crippen LogP contribution in [-0.4, -0.2) is 16.0 Å². The maximum absolute atomic E-state index is 5.48. The minimum atomic E-state index is 0.278. The van der Waals surface area contributed by atoms with E-state index in [9.17, 15) is 0 Å². The predicted molar refractivity (Wildman–Crippen MR) is 72.0 cm³/mol. The minimum absolute atomic E-state index is 0.278. The van der Waals surface area contributed by atoms with Gasteiger partial charge in [0.2, 0.25) is 0 Å². The minimum Gasteiger partial charge on any atom is -0.367 e. The predicted octanol–water partition coefficient (Wildman–Crippen LogP) is 2.40. The molecule has 1 heterocycles. The Bertz CT molecular complexity index is 375. The van der Waals surface area contributed by atoms with Gasteiger partial charge in [-0.15, -0.1) is 0 Å². The highest BCUT2D eigenvalue weighted by Crippen LogP contribution is 2.23. The molecule has 0 fully saturated rings. The second-order valence-electron chi connectivity index (χ2n) is 4.66. The first-order valence-electron chi connectivity index (χ1n) is 6.11. The van der Waals surface area contributed by atoms with Gasteiger partial charge in [-0.05, 0) is 20.3 Å². The van der Waals surface area contributed by atoms with Gasteiger partial charge >= 0.3 is 0 Å². The van der Waals surface area contributed by atoms with E-state index in [-0.39, 0.29) is 5.92 Å². The lowest BCUT2D eigenvalue weighted by molar-refractivity contribution is 0.738. The summed E-state index contributed by atoms with van der Waals surface area (Å²) in [6.45, 7) is 10.4. The molecule has 1 atom stereocenters. The highest BCUT2D eigenvalue weighted by atomic mass is 15.3. The molecule has 0 bridgehead atoms. The molecule has 5 heteroatoms. The van der Waals surface area contributed by atoms with E-state index in [0.717, 1.165) is 23.6 Å². The zero-order valence-corrected chi connectivity index (χ0v) is 11.3. The Kier molecular flexibility index (Phi) is 4.69. The van der Waals surface area contributed by atoms with Gasteiger partial charge in [-0.2, -0.15) is 0 Å². The van der Waals surface area contributed by atoms with Crippen molar-refractivity contribution in [1.29, 1.82) is 0 Å². The number of hydrogen-bond acceptors (Lipinski definition) is 5. The molecule has 0 saturated heterocycles. The van der Waals surface area contributed by atoms with Crippen LogP contribution in [0.15, 0.2) is 0 Å². The SMILES string of the molecule is CCC(C)Nc1nc(C(C)C)nc(NN)c1C. The fourth-order valence-electron chi connectivity index (χ4n) is 1.41. The molecule has 96 valence electrons. The average Bonchev–Trinajstić information content (AvgIpc) is 2.31. The van der Waals surface area contributed by atoms with Crippen molar-refractivity contribution in [3.8, 4) is 0 Å². The maximum Gasteiger partial charge on any atom is 0.148 e. The lowest BCUT2D eigenvalue weighted by atomic mass is 10.2. The van der Waals surface area contributed by atoms with Crippen molar-refractivity contribution in [3.63, 3.8) is 0 Å². The summed E-state index contributed by atoms with van der Waals surface area (Å²) in [6, 6.07) is 0.384. The molecule has 0 aromatic carbocycles. The number of aromatic nitrogens is 2. The van der Waals surface area contributed by atoms with Crippen molar-refractivity contribution in [1.82, 2.24) is 9.97 Å². The molecule has 1 aromatic rings. The molecular formula is C12H23N5. The number of hydrazine groups is 1. The Hall–Kier alpha value is -1.36. The third-order valence-corrected chi connectivity index (χ3v) is 2.81. The number of anilines is 2. The van der Waals surface area contributed by atoms with Crippen LogP contribution in [0.5, 0.6) is 0 Å². The first kappa shape index (κ1) is 13.7. The molecule has 0 amide bonds. The molecular weight excluding hydrogens is 214 g/mol. The number of hydrogen-bond donors (Lipinski definition) is 3. The van der Waals surface area contributed by atoms with Gasteiger partial charge in [0, 0.05) is 17.5 Å². The number of nitrogens with two attached hydrogens (primary N) is 1. The van der Waals surface area contributed by atoms with E-state index < -0.39 is 0 Å². The third kappa shape index (κ3) is 3.30. The third-order valence-electron chi connectivity index (χ3n) is 2.81. The van der Waals surface area contributed by atoms with Crippen LogP contribution >= 0.6 is 0 Å². The first-order valence-corrected chi connectivity index (χ1v) is 6.11. The van der Waals surface area contributed by atoms with Crippen LogP contribution in [0.25, 0.3) is 0 Å². The summed E-state index contributed by atoms with van der Waals surface area (Å²) >= 11 is 0. The molecule has 0 radical (unpaired) electrons. The van der Waals surface area contributed by atoms with Gasteiger partial charge in [0.25, 0.3) is 0 Å². The van der Waals surface area contributed by atoms with E-state index in [4.69, 9.17) is 5.84 Å². The summed E-state index contributed by atoms with van der Waals surface area (Å²) in [5.41, 5.74) is 3.59. The fourth-order valence-corrected chi connectivity index (χ4v) is 1.41. The second-order valence-corrected chi connectivity index (χ2v) is 4.66. The summed E-state index contributed by atoms with van der Waals surface area (Å²) in [4.78, 5) is 8.95. The van der Waals surface area contributed by atoms with Crippen LogP contribution in [0.4, 0.5) is 11.6 Å². The summed E-state index contributed by atoms with van der Waals surface area (Å²) in [6.07, 6.45) is 1.05. The van der Waals surface area contributed by atoms with E-state index in [2.05, 4.69) is 48.4 Å². The van der Waals surface area contributed by atoms with Gasteiger partial charge in [-0.25, -0.2) is 15.8 Å². The van der Waals surface area contributed by atoms with Gasteiger partial charge in [0.05, 0.1) is 0 Å². The average molecular weight is 237 g/mol. The topological polar surface area (TPSA) is 75.9 Å². The van der Waals surface area contributed by atoms with E-state index in [1.165, 1.54) is 0 Å². The molecule has 0 aliphatic rings. The first-order chi connectivity index (χ1) is 7.99. The largest absolute Gasteiger partial charge is 0.367 e. The lowest BCUT2D eigenvalue weighted by Crippen LogP contribution is -2.19. The Morgan fingerprint density at radius 1 is 1.18 bits per heavy atom. The molecule has 0 saturated carbocycles. The standard InChI is InChI=1S/C12H23N5/c1-6-8(4)14-11-9(5)12(17-13)16-10(15-11)7(2)3/h7-8H,6,13H2,1-5H3,(H2,14,15,16,17). The smallest absolute Gasteiger partial charge is 0.148 e. The highest BCUT2D eigenvalue weighted by molar-refractivity contribution is 5.57. The normalized spacial score (nSPS) is 12.6. The fraction of sp³-hybridized carbons (Fsp3) is 0.667. The molecule has 17 heavy (non-hydrogen) atoms. The van der Waals surface area contributed by atoms with Gasteiger partial charge in [0.1, 0.15) is 17.5 Å². The zero-order valence-electron chi connectivity index (χ0n) is 11.3. The van der Waals surface area contributed by atoms with Crippen LogP contribution in [0.3, 0.4) is 0 Å². The monoisotopic (exact) mass is 237 g/mol. The molecule has 0 aliphatic heterocycles. The summed E-state index contributed by atoms with van der Waals surface area (Å²) < 4.78 is 0. The maximum atomic E-state index is 5.48. The Morgan fingerprint density at radius 2 is 1.76 bits per heavy atom. The summed E-state index contributed by atoms with van der Waals surface area (Å²) in [7, 11) is 0. The van der Waals surface area contributed by atoms with Crippen molar-refractivity contribution in [2.75, 3.05) is 10.7 Å². The summed E-state index contributed by atoms with van der Waals surface area (Å²) in [5.74, 6) is 8.12. The van der Waals surface area contributed by atoms with Gasteiger partial charge in [-0.3, -0.25) is 0 Å². The highest BCUT2D eigenvalue weighted by Gasteiger charge is 2.13. The molecule has 5 nitrogen and oxygen atoms in total. The second kappa shape index (κ2) is 5.82. The molecule has 1 unspecified atom stereocenters. The lowest BCUT2D eigenvalue weighted by Gasteiger charge is -2.18. The Balaban J connectivity index is 3.13. The van der Waals surface area contributed by atoms with Crippen LogP contribution in [0.2, 0.25) is 0 Å². The van der Waals surface area contributed by atoms with Crippen molar-refractivity contribution in [3.05, 3.63) is 11.4 Å². The summed E-state index contributed by atoms with van der Waals surface area (Å²) in [5, 5.41) is 3.38. The van der Waals surface area contributed by atoms with Crippen molar-refractivity contribution >= 4 is 11.6 Å². The van der Waals surface area contributed by atoms with E-state index in [1.54, 1.807) is 0 Å². The Morgan fingerprint density at radius 3 is 2.24 bits per heavy atom. The molecule has 0 spiro atoms. The van der Waals surface area contributed by atoms with Gasteiger partial charge < -0.3 is 10.7 Å².